The number of halogens is 1. The second-order valence-electron chi connectivity index (χ2n) is 6.46. The molecular formula is C19H19FN4O2. The van der Waals surface area contributed by atoms with Crippen molar-refractivity contribution in [3.05, 3.63) is 53.7 Å². The van der Waals surface area contributed by atoms with Crippen LogP contribution in [0, 0.1) is 5.82 Å². The van der Waals surface area contributed by atoms with Crippen molar-refractivity contribution in [2.24, 2.45) is 7.05 Å². The molecule has 1 saturated heterocycles. The zero-order valence-electron chi connectivity index (χ0n) is 14.6. The normalized spacial score (nSPS) is 17.0. The topological polar surface area (TPSA) is 60.2 Å². The van der Waals surface area contributed by atoms with Crippen LogP contribution >= 0.6 is 0 Å². The number of hydrogen-bond donors (Lipinski definition) is 0. The van der Waals surface area contributed by atoms with Crippen LogP contribution in [-0.4, -0.2) is 45.5 Å². The molecule has 1 amide bonds. The Kier molecular flexibility index (Phi) is 4.06. The Hall–Kier alpha value is -2.96. The Labute approximate surface area is 150 Å². The highest BCUT2D eigenvalue weighted by atomic mass is 19.1. The lowest BCUT2D eigenvalue weighted by Crippen LogP contribution is -2.28. The smallest absolute Gasteiger partial charge is 0.253 e. The molecule has 1 aliphatic heterocycles. The summed E-state index contributed by atoms with van der Waals surface area (Å²) in [6.07, 6.45) is 2.57. The van der Waals surface area contributed by atoms with E-state index in [-0.39, 0.29) is 17.6 Å². The van der Waals surface area contributed by atoms with Crippen LogP contribution in [0.1, 0.15) is 28.5 Å². The molecule has 1 aliphatic rings. The van der Waals surface area contributed by atoms with Gasteiger partial charge in [0.25, 0.3) is 5.91 Å². The molecule has 0 N–H and O–H groups in total. The van der Waals surface area contributed by atoms with Crippen LogP contribution in [0.3, 0.4) is 0 Å². The van der Waals surface area contributed by atoms with Gasteiger partial charge < -0.3 is 14.2 Å². The van der Waals surface area contributed by atoms with Crippen LogP contribution in [-0.2, 0) is 7.05 Å². The fourth-order valence-electron chi connectivity index (χ4n) is 3.54. The maximum absolute atomic E-state index is 13.9. The van der Waals surface area contributed by atoms with Gasteiger partial charge in [0.15, 0.2) is 17.2 Å². The second kappa shape index (κ2) is 6.40. The molecule has 0 spiro atoms. The summed E-state index contributed by atoms with van der Waals surface area (Å²) in [6.45, 7) is 1.18. The van der Waals surface area contributed by atoms with Crippen molar-refractivity contribution in [1.82, 2.24) is 19.4 Å². The van der Waals surface area contributed by atoms with Gasteiger partial charge in [0.05, 0.1) is 7.11 Å². The number of nitrogens with zero attached hydrogens (tertiary/aromatic N) is 4. The van der Waals surface area contributed by atoms with E-state index in [1.165, 1.54) is 19.2 Å². The first-order chi connectivity index (χ1) is 12.6. The second-order valence-corrected chi connectivity index (χ2v) is 6.46. The number of aromatic nitrogens is 3. The van der Waals surface area contributed by atoms with E-state index >= 15 is 0 Å². The predicted octanol–water partition coefficient (Wildman–Crippen LogP) is 2.75. The van der Waals surface area contributed by atoms with E-state index in [9.17, 15) is 9.18 Å². The van der Waals surface area contributed by atoms with Crippen molar-refractivity contribution in [1.29, 1.82) is 0 Å². The number of carbonyl (C=O) groups is 1. The number of aryl methyl sites for hydroxylation is 1. The van der Waals surface area contributed by atoms with Crippen LogP contribution in [0.2, 0.25) is 0 Å². The summed E-state index contributed by atoms with van der Waals surface area (Å²) in [4.78, 5) is 23.5. The first kappa shape index (κ1) is 16.5. The largest absolute Gasteiger partial charge is 0.494 e. The molecule has 1 atom stereocenters. The first-order valence-corrected chi connectivity index (χ1v) is 8.48. The Morgan fingerprint density at radius 3 is 2.92 bits per heavy atom. The van der Waals surface area contributed by atoms with Gasteiger partial charge in [0, 0.05) is 37.8 Å². The molecule has 26 heavy (non-hydrogen) atoms. The third-order valence-electron chi connectivity index (χ3n) is 4.90. The molecule has 0 aliphatic carbocycles. The lowest BCUT2D eigenvalue weighted by Gasteiger charge is -2.17. The Morgan fingerprint density at radius 2 is 2.19 bits per heavy atom. The fourth-order valence-corrected chi connectivity index (χ4v) is 3.54. The van der Waals surface area contributed by atoms with Crippen molar-refractivity contribution in [2.75, 3.05) is 20.2 Å². The van der Waals surface area contributed by atoms with Gasteiger partial charge in [-0.15, -0.1) is 0 Å². The Bertz CT molecular complexity index is 985. The summed E-state index contributed by atoms with van der Waals surface area (Å²) in [5.74, 6) is 0.491. The molecule has 0 unspecified atom stereocenters. The molecule has 4 rings (SSSR count). The highest BCUT2D eigenvalue weighted by molar-refractivity contribution is 5.94. The summed E-state index contributed by atoms with van der Waals surface area (Å²) < 4.78 is 20.8. The van der Waals surface area contributed by atoms with Crippen LogP contribution in [0.25, 0.3) is 11.2 Å². The number of methoxy groups -OCH3 is 1. The van der Waals surface area contributed by atoms with Crippen molar-refractivity contribution in [3.63, 3.8) is 0 Å². The number of amides is 1. The lowest BCUT2D eigenvalue weighted by molar-refractivity contribution is 0.0790. The van der Waals surface area contributed by atoms with E-state index in [1.54, 1.807) is 17.2 Å². The minimum atomic E-state index is -0.532. The monoisotopic (exact) mass is 354 g/mol. The summed E-state index contributed by atoms with van der Waals surface area (Å²) in [5, 5.41) is 0. The van der Waals surface area contributed by atoms with Crippen molar-refractivity contribution >= 4 is 17.1 Å². The Balaban J connectivity index is 1.55. The van der Waals surface area contributed by atoms with Crippen molar-refractivity contribution in [3.8, 4) is 5.75 Å². The van der Waals surface area contributed by atoms with Crippen molar-refractivity contribution < 1.29 is 13.9 Å². The van der Waals surface area contributed by atoms with E-state index < -0.39 is 5.82 Å². The van der Waals surface area contributed by atoms with E-state index in [4.69, 9.17) is 4.74 Å². The number of imidazole rings is 1. The average molecular weight is 354 g/mol. The SMILES string of the molecule is COc1ccc(C(=O)N2CC[C@@H](c3nc4cccnc4n3C)C2)cc1F. The molecule has 1 aromatic carbocycles. The van der Waals surface area contributed by atoms with Gasteiger partial charge in [0.2, 0.25) is 0 Å². The predicted molar refractivity (Wildman–Crippen MR) is 94.7 cm³/mol. The zero-order valence-corrected chi connectivity index (χ0v) is 14.6. The highest BCUT2D eigenvalue weighted by Gasteiger charge is 2.31. The van der Waals surface area contributed by atoms with E-state index in [0.29, 0.717) is 18.7 Å². The number of hydrogen-bond acceptors (Lipinski definition) is 4. The minimum Gasteiger partial charge on any atom is -0.494 e. The van der Waals surface area contributed by atoms with Gasteiger partial charge in [0.1, 0.15) is 11.3 Å². The Morgan fingerprint density at radius 1 is 1.35 bits per heavy atom. The maximum Gasteiger partial charge on any atom is 0.253 e. The van der Waals surface area contributed by atoms with Crippen molar-refractivity contribution in [2.45, 2.75) is 12.3 Å². The molecule has 7 heteroatoms. The number of benzene rings is 1. The number of ether oxygens (including phenoxy) is 1. The molecule has 3 heterocycles. The molecule has 2 aromatic heterocycles. The number of fused-ring (bicyclic) bond motifs is 1. The van der Waals surface area contributed by atoms with Crippen LogP contribution in [0.4, 0.5) is 4.39 Å². The van der Waals surface area contributed by atoms with Gasteiger partial charge in [-0.1, -0.05) is 0 Å². The molecule has 0 saturated carbocycles. The third kappa shape index (κ3) is 2.69. The third-order valence-corrected chi connectivity index (χ3v) is 4.90. The molecule has 3 aromatic rings. The summed E-state index contributed by atoms with van der Waals surface area (Å²) >= 11 is 0. The first-order valence-electron chi connectivity index (χ1n) is 8.48. The summed E-state index contributed by atoms with van der Waals surface area (Å²) in [7, 11) is 3.34. The lowest BCUT2D eigenvalue weighted by atomic mass is 10.1. The van der Waals surface area contributed by atoms with Gasteiger partial charge in [-0.05, 0) is 36.8 Å². The summed E-state index contributed by atoms with van der Waals surface area (Å²) in [5.41, 5.74) is 2.02. The van der Waals surface area contributed by atoms with Crippen LogP contribution < -0.4 is 4.74 Å². The molecule has 134 valence electrons. The van der Waals surface area contributed by atoms with E-state index in [0.717, 1.165) is 23.4 Å². The highest BCUT2D eigenvalue weighted by Crippen LogP contribution is 2.29. The van der Waals surface area contributed by atoms with Crippen LogP contribution in [0.15, 0.2) is 36.5 Å². The van der Waals surface area contributed by atoms with E-state index in [1.807, 2.05) is 23.7 Å². The molecular weight excluding hydrogens is 335 g/mol. The molecule has 1 fully saturated rings. The number of rotatable bonds is 3. The van der Waals surface area contributed by atoms with Gasteiger partial charge in [-0.2, -0.15) is 0 Å². The maximum atomic E-state index is 13.9. The fraction of sp³-hybridized carbons (Fsp3) is 0.316. The number of likely N-dealkylation sites (tertiary alicyclic amines) is 1. The minimum absolute atomic E-state index is 0.132. The summed E-state index contributed by atoms with van der Waals surface area (Å²) in [6, 6.07) is 8.10. The standard InChI is InChI=1S/C19H19FN4O2/c1-23-17(22-15-4-3-8-21-18(15)23)13-7-9-24(11-13)19(25)12-5-6-16(26-2)14(20)10-12/h3-6,8,10,13H,7,9,11H2,1-2H3/t13-/m1/s1. The van der Waals surface area contributed by atoms with E-state index in [2.05, 4.69) is 9.97 Å². The zero-order chi connectivity index (χ0) is 18.3. The molecule has 6 nitrogen and oxygen atoms in total. The van der Waals surface area contributed by atoms with Crippen LogP contribution in [0.5, 0.6) is 5.75 Å². The molecule has 0 radical (unpaired) electrons. The quantitative estimate of drug-likeness (QED) is 0.726. The average Bonchev–Trinajstić information content (AvgIpc) is 3.26. The molecule has 0 bridgehead atoms. The van der Waals surface area contributed by atoms with Gasteiger partial charge in [-0.25, -0.2) is 14.4 Å². The number of carbonyl (C=O) groups excluding carboxylic acids is 1. The van der Waals surface area contributed by atoms with Gasteiger partial charge in [-0.3, -0.25) is 4.79 Å². The number of pyridine rings is 1. The van der Waals surface area contributed by atoms with Gasteiger partial charge >= 0.3 is 0 Å².